The van der Waals surface area contributed by atoms with Crippen molar-refractivity contribution in [3.8, 4) is 5.75 Å². The molecule has 0 saturated heterocycles. The highest BCUT2D eigenvalue weighted by molar-refractivity contribution is 7.09. The van der Waals surface area contributed by atoms with E-state index in [-0.39, 0.29) is 0 Å². The molecule has 2 rings (SSSR count). The molecule has 17 heavy (non-hydrogen) atoms. The zero-order valence-electron chi connectivity index (χ0n) is 9.36. The summed E-state index contributed by atoms with van der Waals surface area (Å²) in [6.07, 6.45) is 0. The van der Waals surface area contributed by atoms with E-state index < -0.39 is 0 Å². The van der Waals surface area contributed by atoms with Crippen molar-refractivity contribution in [3.63, 3.8) is 0 Å². The van der Waals surface area contributed by atoms with Gasteiger partial charge in [0.25, 0.3) is 0 Å². The predicted molar refractivity (Wildman–Crippen MR) is 73.0 cm³/mol. The Bertz CT molecular complexity index is 444. The number of ether oxygens (including phenoxy) is 1. The van der Waals surface area contributed by atoms with Gasteiger partial charge in [0, 0.05) is 23.0 Å². The summed E-state index contributed by atoms with van der Waals surface area (Å²) in [5, 5.41) is 6.11. The highest BCUT2D eigenvalue weighted by Gasteiger charge is 1.95. The number of benzene rings is 1. The molecule has 0 radical (unpaired) electrons. The van der Waals surface area contributed by atoms with Gasteiger partial charge in [0.15, 0.2) is 0 Å². The summed E-state index contributed by atoms with van der Waals surface area (Å²) in [7, 11) is 0. The minimum absolute atomic E-state index is 0.645. The normalized spacial score (nSPS) is 10.4. The second kappa shape index (κ2) is 6.64. The average molecular weight is 268 g/mol. The smallest absolute Gasteiger partial charge is 0.120 e. The molecule has 0 bridgehead atoms. The highest BCUT2D eigenvalue weighted by Crippen LogP contribution is 2.16. The molecule has 0 unspecified atom stereocenters. The van der Waals surface area contributed by atoms with Crippen molar-refractivity contribution in [2.24, 2.45) is 0 Å². The van der Waals surface area contributed by atoms with Gasteiger partial charge in [-0.3, -0.25) is 0 Å². The van der Waals surface area contributed by atoms with Crippen LogP contribution >= 0.6 is 22.9 Å². The Labute approximate surface area is 110 Å². The maximum Gasteiger partial charge on any atom is 0.120 e. The van der Waals surface area contributed by atoms with Crippen LogP contribution in [0.1, 0.15) is 4.88 Å². The quantitative estimate of drug-likeness (QED) is 0.808. The van der Waals surface area contributed by atoms with Crippen molar-refractivity contribution in [1.82, 2.24) is 5.32 Å². The molecular weight excluding hydrogens is 254 g/mol. The summed E-state index contributed by atoms with van der Waals surface area (Å²) in [6, 6.07) is 11.6. The molecule has 2 nitrogen and oxygen atoms in total. The van der Waals surface area contributed by atoms with Crippen LogP contribution in [0, 0.1) is 0 Å². The van der Waals surface area contributed by atoms with Gasteiger partial charge in [0.1, 0.15) is 12.4 Å². The Balaban J connectivity index is 1.63. The molecule has 0 atom stereocenters. The monoisotopic (exact) mass is 267 g/mol. The summed E-state index contributed by atoms with van der Waals surface area (Å²) < 4.78 is 5.56. The van der Waals surface area contributed by atoms with Crippen LogP contribution in [0.15, 0.2) is 41.8 Å². The summed E-state index contributed by atoms with van der Waals surface area (Å²) in [5.74, 6) is 0.815. The van der Waals surface area contributed by atoms with Gasteiger partial charge in [0.05, 0.1) is 0 Å². The summed E-state index contributed by atoms with van der Waals surface area (Å²) >= 11 is 7.62. The van der Waals surface area contributed by atoms with Crippen LogP contribution in [0.3, 0.4) is 0 Å². The van der Waals surface area contributed by atoms with Gasteiger partial charge < -0.3 is 10.1 Å². The second-order valence-corrected chi connectivity index (χ2v) is 5.03. The molecule has 1 N–H and O–H groups in total. The fourth-order valence-electron chi connectivity index (χ4n) is 1.42. The van der Waals surface area contributed by atoms with Crippen LogP contribution < -0.4 is 10.1 Å². The lowest BCUT2D eigenvalue weighted by Gasteiger charge is -2.07. The molecule has 90 valence electrons. The molecule has 1 heterocycles. The van der Waals surface area contributed by atoms with Gasteiger partial charge in [-0.25, -0.2) is 0 Å². The van der Waals surface area contributed by atoms with Gasteiger partial charge in [-0.2, -0.15) is 0 Å². The third-order valence-corrected chi connectivity index (χ3v) is 3.33. The third kappa shape index (κ3) is 4.38. The minimum atomic E-state index is 0.645. The van der Waals surface area contributed by atoms with Gasteiger partial charge in [0.2, 0.25) is 0 Å². The Morgan fingerprint density at radius 2 is 2.18 bits per heavy atom. The fraction of sp³-hybridized carbons (Fsp3) is 0.231. The van der Waals surface area contributed by atoms with E-state index in [0.717, 1.165) is 18.8 Å². The number of thiophene rings is 1. The number of nitrogens with one attached hydrogen (secondary N) is 1. The van der Waals surface area contributed by atoms with Crippen molar-refractivity contribution in [1.29, 1.82) is 0 Å². The molecule has 1 aromatic heterocycles. The first-order valence-corrected chi connectivity index (χ1v) is 6.72. The van der Waals surface area contributed by atoms with Crippen molar-refractivity contribution >= 4 is 22.9 Å². The Hall–Kier alpha value is -1.03. The largest absolute Gasteiger partial charge is 0.492 e. The van der Waals surface area contributed by atoms with E-state index in [4.69, 9.17) is 16.3 Å². The Morgan fingerprint density at radius 3 is 2.94 bits per heavy atom. The van der Waals surface area contributed by atoms with E-state index in [0.29, 0.717) is 11.6 Å². The van der Waals surface area contributed by atoms with Crippen LogP contribution in [-0.4, -0.2) is 13.2 Å². The lowest BCUT2D eigenvalue weighted by atomic mass is 10.3. The lowest BCUT2D eigenvalue weighted by Crippen LogP contribution is -2.20. The molecule has 0 saturated carbocycles. The van der Waals surface area contributed by atoms with Crippen molar-refractivity contribution in [3.05, 3.63) is 51.7 Å². The van der Waals surface area contributed by atoms with Gasteiger partial charge in [-0.05, 0) is 29.6 Å². The maximum atomic E-state index is 5.86. The first-order chi connectivity index (χ1) is 8.34. The molecular formula is C13H14ClNOS. The number of halogens is 1. The van der Waals surface area contributed by atoms with Crippen molar-refractivity contribution in [2.75, 3.05) is 13.2 Å². The van der Waals surface area contributed by atoms with E-state index in [2.05, 4.69) is 22.8 Å². The predicted octanol–water partition coefficient (Wildman–Crippen LogP) is 3.57. The molecule has 0 aliphatic rings. The zero-order valence-corrected chi connectivity index (χ0v) is 10.9. The first kappa shape index (κ1) is 12.4. The lowest BCUT2D eigenvalue weighted by molar-refractivity contribution is 0.314. The van der Waals surface area contributed by atoms with Crippen molar-refractivity contribution < 1.29 is 4.74 Å². The van der Waals surface area contributed by atoms with Crippen LogP contribution in [0.5, 0.6) is 5.75 Å². The Kier molecular flexibility index (Phi) is 4.86. The molecule has 0 fully saturated rings. The molecule has 0 amide bonds. The summed E-state index contributed by atoms with van der Waals surface area (Å²) in [5.41, 5.74) is 0. The van der Waals surface area contributed by atoms with Crippen LogP contribution in [0.4, 0.5) is 0 Å². The fourth-order valence-corrected chi connectivity index (χ4v) is 2.28. The maximum absolute atomic E-state index is 5.86. The molecule has 2 aromatic rings. The minimum Gasteiger partial charge on any atom is -0.492 e. The highest BCUT2D eigenvalue weighted by atomic mass is 35.5. The first-order valence-electron chi connectivity index (χ1n) is 5.46. The second-order valence-electron chi connectivity index (χ2n) is 3.56. The van der Waals surface area contributed by atoms with Gasteiger partial charge in [-0.1, -0.05) is 23.7 Å². The van der Waals surface area contributed by atoms with Crippen LogP contribution in [0.25, 0.3) is 0 Å². The van der Waals surface area contributed by atoms with Crippen molar-refractivity contribution in [2.45, 2.75) is 6.54 Å². The molecule has 0 aliphatic heterocycles. The molecule has 0 aliphatic carbocycles. The number of rotatable bonds is 6. The zero-order chi connectivity index (χ0) is 11.9. The van der Waals surface area contributed by atoms with E-state index >= 15 is 0 Å². The molecule has 1 aromatic carbocycles. The molecule has 0 spiro atoms. The summed E-state index contributed by atoms with van der Waals surface area (Å²) in [4.78, 5) is 1.34. The Morgan fingerprint density at radius 1 is 1.24 bits per heavy atom. The SMILES string of the molecule is Clc1cccc(OCCNCc2cccs2)c1. The standard InChI is InChI=1S/C13H14ClNOS/c14-11-3-1-4-12(9-11)16-7-6-15-10-13-5-2-8-17-13/h1-5,8-9,15H,6-7,10H2. The van der Waals surface area contributed by atoms with Gasteiger partial charge in [-0.15, -0.1) is 11.3 Å². The van der Waals surface area contributed by atoms with E-state index in [1.807, 2.05) is 24.3 Å². The van der Waals surface area contributed by atoms with Crippen LogP contribution in [-0.2, 0) is 6.54 Å². The number of hydrogen-bond donors (Lipinski definition) is 1. The third-order valence-electron chi connectivity index (χ3n) is 2.22. The van der Waals surface area contributed by atoms with E-state index in [1.165, 1.54) is 4.88 Å². The van der Waals surface area contributed by atoms with Crippen LogP contribution in [0.2, 0.25) is 5.02 Å². The van der Waals surface area contributed by atoms with Gasteiger partial charge >= 0.3 is 0 Å². The molecule has 4 heteroatoms. The van der Waals surface area contributed by atoms with E-state index in [9.17, 15) is 0 Å². The average Bonchev–Trinajstić information content (AvgIpc) is 2.82. The topological polar surface area (TPSA) is 21.3 Å². The van der Waals surface area contributed by atoms with E-state index in [1.54, 1.807) is 11.3 Å². The number of hydrogen-bond acceptors (Lipinski definition) is 3. The summed E-state index contributed by atoms with van der Waals surface area (Å²) in [6.45, 7) is 2.37.